The van der Waals surface area contributed by atoms with Crippen molar-refractivity contribution in [3.05, 3.63) is 17.0 Å². The molecule has 78 valence electrons. The van der Waals surface area contributed by atoms with Gasteiger partial charge in [0, 0.05) is 5.69 Å². The van der Waals surface area contributed by atoms with Gasteiger partial charge in [-0.1, -0.05) is 6.92 Å². The normalized spacial score (nSPS) is 12.9. The van der Waals surface area contributed by atoms with E-state index in [2.05, 4.69) is 5.10 Å². The van der Waals surface area contributed by atoms with Gasteiger partial charge < -0.3 is 5.73 Å². The molecule has 2 N–H and O–H groups in total. The number of amides is 1. The first-order chi connectivity index (χ1) is 6.49. The van der Waals surface area contributed by atoms with E-state index in [1.807, 2.05) is 27.7 Å². The molecule has 0 aliphatic carbocycles. The van der Waals surface area contributed by atoms with Crippen LogP contribution in [0, 0.1) is 20.8 Å². The Labute approximate surface area is 84.1 Å². The molecule has 0 spiro atoms. The van der Waals surface area contributed by atoms with Gasteiger partial charge in [0.15, 0.2) is 0 Å². The number of aryl methyl sites for hydroxylation is 1. The van der Waals surface area contributed by atoms with Crippen LogP contribution in [0.2, 0.25) is 0 Å². The van der Waals surface area contributed by atoms with Crippen molar-refractivity contribution < 1.29 is 4.79 Å². The second kappa shape index (κ2) is 3.82. The summed E-state index contributed by atoms with van der Waals surface area (Å²) in [7, 11) is 0. The van der Waals surface area contributed by atoms with E-state index in [0.29, 0.717) is 6.42 Å². The minimum absolute atomic E-state index is 0.317. The summed E-state index contributed by atoms with van der Waals surface area (Å²) in [5.74, 6) is -0.321. The number of aromatic nitrogens is 2. The Kier molecular flexibility index (Phi) is 2.93. The highest BCUT2D eigenvalue weighted by Crippen LogP contribution is 2.18. The lowest BCUT2D eigenvalue weighted by atomic mass is 10.2. The molecule has 1 aromatic rings. The number of carbonyl (C=O) groups excluding carboxylic acids is 1. The summed E-state index contributed by atoms with van der Waals surface area (Å²) in [5.41, 5.74) is 8.42. The van der Waals surface area contributed by atoms with Gasteiger partial charge in [-0.05, 0) is 32.8 Å². The van der Waals surface area contributed by atoms with Gasteiger partial charge in [-0.3, -0.25) is 9.48 Å². The van der Waals surface area contributed by atoms with Gasteiger partial charge in [0.2, 0.25) is 5.91 Å². The van der Waals surface area contributed by atoms with Crippen LogP contribution in [0.5, 0.6) is 0 Å². The average molecular weight is 195 g/mol. The molecule has 0 aromatic carbocycles. The van der Waals surface area contributed by atoms with E-state index in [4.69, 9.17) is 5.73 Å². The zero-order chi connectivity index (χ0) is 10.9. The molecule has 1 heterocycles. The fourth-order valence-corrected chi connectivity index (χ4v) is 1.54. The lowest BCUT2D eigenvalue weighted by molar-refractivity contribution is -0.121. The summed E-state index contributed by atoms with van der Waals surface area (Å²) >= 11 is 0. The second-order valence-corrected chi connectivity index (χ2v) is 3.57. The van der Waals surface area contributed by atoms with Gasteiger partial charge in [-0.15, -0.1) is 0 Å². The molecule has 1 rings (SSSR count). The molecule has 0 radical (unpaired) electrons. The highest BCUT2D eigenvalue weighted by Gasteiger charge is 2.19. The van der Waals surface area contributed by atoms with Crippen molar-refractivity contribution in [1.82, 2.24) is 9.78 Å². The van der Waals surface area contributed by atoms with Gasteiger partial charge >= 0.3 is 0 Å². The minimum Gasteiger partial charge on any atom is -0.368 e. The molecule has 0 bridgehead atoms. The van der Waals surface area contributed by atoms with Gasteiger partial charge in [-0.2, -0.15) is 5.10 Å². The van der Waals surface area contributed by atoms with E-state index in [9.17, 15) is 4.79 Å². The largest absolute Gasteiger partial charge is 0.368 e. The van der Waals surface area contributed by atoms with Gasteiger partial charge in [0.1, 0.15) is 6.04 Å². The topological polar surface area (TPSA) is 60.9 Å². The third-order valence-electron chi connectivity index (χ3n) is 2.70. The van der Waals surface area contributed by atoms with Gasteiger partial charge in [-0.25, -0.2) is 0 Å². The average Bonchev–Trinajstić information content (AvgIpc) is 2.35. The lowest BCUT2D eigenvalue weighted by Crippen LogP contribution is -2.27. The molecule has 0 fully saturated rings. The molecule has 1 amide bonds. The zero-order valence-electron chi connectivity index (χ0n) is 9.16. The first-order valence-corrected chi connectivity index (χ1v) is 4.80. The summed E-state index contributed by atoms with van der Waals surface area (Å²) in [4.78, 5) is 11.2. The van der Waals surface area contributed by atoms with Crippen molar-refractivity contribution in [2.24, 2.45) is 5.73 Å². The summed E-state index contributed by atoms with van der Waals surface area (Å²) in [6.07, 6.45) is 0.677. The Morgan fingerprint density at radius 2 is 2.07 bits per heavy atom. The molecule has 4 nitrogen and oxygen atoms in total. The van der Waals surface area contributed by atoms with Crippen LogP contribution in [0.15, 0.2) is 0 Å². The maximum absolute atomic E-state index is 11.2. The van der Waals surface area contributed by atoms with Crippen molar-refractivity contribution in [2.75, 3.05) is 0 Å². The Morgan fingerprint density at radius 1 is 1.50 bits per heavy atom. The van der Waals surface area contributed by atoms with E-state index >= 15 is 0 Å². The van der Waals surface area contributed by atoms with Crippen LogP contribution < -0.4 is 5.73 Å². The number of carbonyl (C=O) groups is 1. The van der Waals surface area contributed by atoms with Crippen molar-refractivity contribution in [1.29, 1.82) is 0 Å². The standard InChI is InChI=1S/C10H17N3O/c1-5-9(10(11)14)13-8(4)6(2)7(3)12-13/h9H,5H2,1-4H3,(H2,11,14). The number of hydrogen-bond acceptors (Lipinski definition) is 2. The number of rotatable bonds is 3. The SMILES string of the molecule is CCC(C(N)=O)n1nc(C)c(C)c1C. The summed E-state index contributed by atoms with van der Waals surface area (Å²) in [5, 5.41) is 4.32. The smallest absolute Gasteiger partial charge is 0.242 e. The number of primary amides is 1. The molecular formula is C10H17N3O. The van der Waals surface area contributed by atoms with Crippen LogP contribution in [0.1, 0.15) is 36.3 Å². The Balaban J connectivity index is 3.17. The lowest BCUT2D eigenvalue weighted by Gasteiger charge is -2.13. The van der Waals surface area contributed by atoms with Gasteiger partial charge in [0.05, 0.1) is 5.69 Å². The molecule has 0 aliphatic rings. The van der Waals surface area contributed by atoms with Gasteiger partial charge in [0.25, 0.3) is 0 Å². The summed E-state index contributed by atoms with van der Waals surface area (Å²) in [6, 6.07) is -0.317. The van der Waals surface area contributed by atoms with Crippen molar-refractivity contribution in [3.8, 4) is 0 Å². The summed E-state index contributed by atoms with van der Waals surface area (Å²) < 4.78 is 1.73. The van der Waals surface area contributed by atoms with Crippen LogP contribution in [0.25, 0.3) is 0 Å². The van der Waals surface area contributed by atoms with E-state index in [1.165, 1.54) is 0 Å². The van der Waals surface area contributed by atoms with Crippen molar-refractivity contribution in [2.45, 2.75) is 40.2 Å². The van der Waals surface area contributed by atoms with Crippen LogP contribution in [-0.4, -0.2) is 15.7 Å². The quantitative estimate of drug-likeness (QED) is 0.788. The van der Waals surface area contributed by atoms with Crippen LogP contribution in [0.3, 0.4) is 0 Å². The first kappa shape index (κ1) is 10.8. The molecule has 0 saturated carbocycles. The molecular weight excluding hydrogens is 178 g/mol. The second-order valence-electron chi connectivity index (χ2n) is 3.57. The predicted molar refractivity (Wildman–Crippen MR) is 55.0 cm³/mol. The first-order valence-electron chi connectivity index (χ1n) is 4.80. The number of hydrogen-bond donors (Lipinski definition) is 1. The molecule has 1 unspecified atom stereocenters. The van der Waals surface area contributed by atoms with E-state index in [-0.39, 0.29) is 11.9 Å². The zero-order valence-corrected chi connectivity index (χ0v) is 9.16. The fraction of sp³-hybridized carbons (Fsp3) is 0.600. The van der Waals surface area contributed by atoms with Crippen LogP contribution >= 0.6 is 0 Å². The number of nitrogens with zero attached hydrogens (tertiary/aromatic N) is 2. The van der Waals surface area contributed by atoms with E-state index in [0.717, 1.165) is 17.0 Å². The van der Waals surface area contributed by atoms with Crippen molar-refractivity contribution >= 4 is 5.91 Å². The molecule has 0 aliphatic heterocycles. The molecule has 1 atom stereocenters. The maximum Gasteiger partial charge on any atom is 0.242 e. The third-order valence-corrected chi connectivity index (χ3v) is 2.70. The summed E-state index contributed by atoms with van der Waals surface area (Å²) in [6.45, 7) is 7.83. The monoisotopic (exact) mass is 195 g/mol. The fourth-order valence-electron chi connectivity index (χ4n) is 1.54. The Morgan fingerprint density at radius 3 is 2.36 bits per heavy atom. The van der Waals surface area contributed by atoms with Crippen LogP contribution in [0.4, 0.5) is 0 Å². The number of nitrogens with two attached hydrogens (primary N) is 1. The molecule has 1 aromatic heterocycles. The minimum atomic E-state index is -0.321. The van der Waals surface area contributed by atoms with E-state index in [1.54, 1.807) is 4.68 Å². The molecule has 0 saturated heterocycles. The Hall–Kier alpha value is -1.32. The highest BCUT2D eigenvalue weighted by molar-refractivity contribution is 5.78. The van der Waals surface area contributed by atoms with E-state index < -0.39 is 0 Å². The Bertz CT molecular complexity index is 354. The molecule has 14 heavy (non-hydrogen) atoms. The molecule has 4 heteroatoms. The third kappa shape index (κ3) is 1.64. The predicted octanol–water partition coefficient (Wildman–Crippen LogP) is 1.24. The van der Waals surface area contributed by atoms with Crippen LogP contribution in [-0.2, 0) is 4.79 Å². The van der Waals surface area contributed by atoms with Crippen molar-refractivity contribution in [3.63, 3.8) is 0 Å². The maximum atomic E-state index is 11.2. The highest BCUT2D eigenvalue weighted by atomic mass is 16.1.